The second-order valence-corrected chi connectivity index (χ2v) is 17.2. The van der Waals surface area contributed by atoms with E-state index in [1.54, 1.807) is 24.6 Å². The van der Waals surface area contributed by atoms with E-state index in [4.69, 9.17) is 19.4 Å². The van der Waals surface area contributed by atoms with Gasteiger partial charge in [-0.1, -0.05) is 26.0 Å². The van der Waals surface area contributed by atoms with Crippen molar-refractivity contribution in [3.8, 4) is 11.5 Å². The molecule has 12 nitrogen and oxygen atoms in total. The number of ether oxygens (including phenoxy) is 2. The van der Waals surface area contributed by atoms with Crippen LogP contribution in [-0.4, -0.2) is 80.8 Å². The summed E-state index contributed by atoms with van der Waals surface area (Å²) in [5.41, 5.74) is 18.6. The zero-order valence-corrected chi connectivity index (χ0v) is 38.7. The van der Waals surface area contributed by atoms with Gasteiger partial charge in [-0.25, -0.2) is 9.97 Å². The molecule has 0 fully saturated rings. The van der Waals surface area contributed by atoms with Gasteiger partial charge in [-0.3, -0.25) is 19.6 Å². The Morgan fingerprint density at radius 3 is 1.35 bits per heavy atom. The largest absolute Gasteiger partial charge is 0.507 e. The van der Waals surface area contributed by atoms with Gasteiger partial charge in [-0.2, -0.15) is 0 Å². The SMILES string of the molecule is CCc1c(C)c2cc3nc4cc5[nH]c(cc6nc(cc1[nH]2)C(C)=C6CCC(=O)OCCc1ccc(O)c(c1)C=NCCN=Cc1cc(ccc1O)CCOC(=O)CCC3=C4C)c(C)c5CC. The Morgan fingerprint density at radius 2 is 0.939 bits per heavy atom. The summed E-state index contributed by atoms with van der Waals surface area (Å²) in [4.78, 5) is 53.4. The molecule has 4 aliphatic heterocycles. The number of phenols is 2. The first-order valence-electron chi connectivity index (χ1n) is 23.0. The second kappa shape index (κ2) is 20.0. The fourth-order valence-corrected chi connectivity index (χ4v) is 9.09. The van der Waals surface area contributed by atoms with Gasteiger partial charge < -0.3 is 29.7 Å². The average molecular weight is 887 g/mol. The summed E-state index contributed by atoms with van der Waals surface area (Å²) in [5.74, 6) is -0.410. The molecule has 12 heteroatoms. The lowest BCUT2D eigenvalue weighted by Crippen LogP contribution is -2.08. The smallest absolute Gasteiger partial charge is 0.306 e. The van der Waals surface area contributed by atoms with Gasteiger partial charge in [0, 0.05) is 71.3 Å². The Morgan fingerprint density at radius 1 is 0.530 bits per heavy atom. The molecule has 4 N–H and O–H groups in total. The third kappa shape index (κ3) is 9.92. The molecule has 0 unspecified atom stereocenters. The Bertz CT molecular complexity index is 2820. The van der Waals surface area contributed by atoms with E-state index in [2.05, 4.69) is 85.8 Å². The molecule has 5 aromatic rings. The minimum Gasteiger partial charge on any atom is -0.507 e. The summed E-state index contributed by atoms with van der Waals surface area (Å²) in [6.45, 7) is 13.8. The molecule has 0 radical (unpaired) electrons. The van der Waals surface area contributed by atoms with Crippen molar-refractivity contribution >= 4 is 68.7 Å². The quantitative estimate of drug-likeness (QED) is 0.127. The number of nitrogens with one attached hydrogen (secondary N) is 2. The van der Waals surface area contributed by atoms with Crippen LogP contribution < -0.4 is 0 Å². The molecule has 14 bridgehead atoms. The van der Waals surface area contributed by atoms with Crippen molar-refractivity contribution in [3.63, 3.8) is 0 Å². The molecule has 0 saturated heterocycles. The molecule has 0 aliphatic carbocycles. The molecule has 9 rings (SSSR count). The van der Waals surface area contributed by atoms with Crippen LogP contribution in [0.1, 0.15) is 121 Å². The van der Waals surface area contributed by atoms with Crippen LogP contribution in [0.2, 0.25) is 0 Å². The number of benzene rings is 2. The molecule has 7 heterocycles. The fourth-order valence-electron chi connectivity index (χ4n) is 9.09. The summed E-state index contributed by atoms with van der Waals surface area (Å²) in [5, 5.41) is 21.1. The molecule has 3 aromatic heterocycles. The van der Waals surface area contributed by atoms with E-state index >= 15 is 0 Å². The first-order chi connectivity index (χ1) is 31.9. The van der Waals surface area contributed by atoms with E-state index in [9.17, 15) is 19.8 Å². The molecule has 340 valence electrons. The molecule has 0 atom stereocenters. The minimum absolute atomic E-state index is 0.0947. The minimum atomic E-state index is -0.300. The van der Waals surface area contributed by atoms with Gasteiger partial charge in [-0.05, 0) is 158 Å². The van der Waals surface area contributed by atoms with Crippen LogP contribution in [0.25, 0.3) is 44.4 Å². The molecule has 4 aliphatic rings. The number of allylic oxidation sites excluding steroid dienone is 4. The van der Waals surface area contributed by atoms with Crippen LogP contribution in [-0.2, 0) is 44.7 Å². The lowest BCUT2D eigenvalue weighted by Gasteiger charge is -2.08. The summed E-state index contributed by atoms with van der Waals surface area (Å²) in [7, 11) is 0. The predicted octanol–water partition coefficient (Wildman–Crippen LogP) is 10.3. The number of aromatic amines is 2. The van der Waals surface area contributed by atoms with E-state index in [-0.39, 0.29) is 49.5 Å². The third-order valence-corrected chi connectivity index (χ3v) is 13.0. The predicted molar refractivity (Wildman–Crippen MR) is 263 cm³/mol. The topological polar surface area (TPSA) is 175 Å². The van der Waals surface area contributed by atoms with Crippen molar-refractivity contribution in [3.05, 3.63) is 128 Å². The van der Waals surface area contributed by atoms with Gasteiger partial charge in [-0.15, -0.1) is 0 Å². The van der Waals surface area contributed by atoms with Gasteiger partial charge in [0.2, 0.25) is 0 Å². The molecule has 0 spiro atoms. The zero-order chi connectivity index (χ0) is 46.5. The summed E-state index contributed by atoms with van der Waals surface area (Å²) in [6.07, 6.45) is 7.02. The number of hydrogen-bond acceptors (Lipinski definition) is 10. The first-order valence-corrected chi connectivity index (χ1v) is 23.0. The zero-order valence-electron chi connectivity index (χ0n) is 38.7. The van der Waals surface area contributed by atoms with E-state index in [1.165, 1.54) is 11.1 Å². The summed E-state index contributed by atoms with van der Waals surface area (Å²) < 4.78 is 11.5. The molecular weight excluding hydrogens is 829 g/mol. The highest BCUT2D eigenvalue weighted by Gasteiger charge is 2.22. The molecule has 66 heavy (non-hydrogen) atoms. The Labute approximate surface area is 385 Å². The van der Waals surface area contributed by atoms with Crippen molar-refractivity contribution in [2.24, 2.45) is 9.98 Å². The number of hydrogen-bond donors (Lipinski definition) is 4. The highest BCUT2D eigenvalue weighted by atomic mass is 16.5. The highest BCUT2D eigenvalue weighted by Crippen LogP contribution is 2.37. The van der Waals surface area contributed by atoms with Crippen LogP contribution in [0.5, 0.6) is 11.5 Å². The monoisotopic (exact) mass is 886 g/mol. The van der Waals surface area contributed by atoms with Crippen LogP contribution in [0, 0.1) is 13.8 Å². The number of carbonyl (C=O) groups excluding carboxylic acids is 2. The van der Waals surface area contributed by atoms with Crippen LogP contribution >= 0.6 is 0 Å². The van der Waals surface area contributed by atoms with Gasteiger partial charge in [0.15, 0.2) is 0 Å². The number of H-pyrrole nitrogens is 2. The highest BCUT2D eigenvalue weighted by molar-refractivity contribution is 5.96. The lowest BCUT2D eigenvalue weighted by atomic mass is 10.00. The Hall–Kier alpha value is -7.08. The number of aliphatic imine (C=N–C) groups is 2. The standard InChI is InChI=1S/C54H58N6O6/c1-7-39-31(3)43-27-49-42-12-16-54(64)66-22-18-36-10-14-52(62)38(24-36)30-56-20-19-55-29-37-23-35(9-13-51(37)61)17-21-65-53(63)15-11-41-33(5)45(25-47(39)57-43)59-50(41)28-44-32(4)40(8-2)48(58-44)26-46(60-49)34(42)6/h9-10,13-14,23-30,57-58,61-62H,7-8,11-12,15-22H2,1-6H3. The third-order valence-electron chi connectivity index (χ3n) is 13.0. The van der Waals surface area contributed by atoms with Crippen LogP contribution in [0.15, 0.2) is 70.6 Å². The Kier molecular flexibility index (Phi) is 13.8. The lowest BCUT2D eigenvalue weighted by molar-refractivity contribution is -0.144. The number of fused-ring (bicyclic) bond motifs is 13. The maximum absolute atomic E-state index is 13.3. The number of phenolic OH excluding ortho intramolecular Hbond substituents is 2. The van der Waals surface area contributed by atoms with Crippen molar-refractivity contribution in [1.82, 2.24) is 19.9 Å². The molecule has 0 saturated carbocycles. The van der Waals surface area contributed by atoms with Crippen LogP contribution in [0.4, 0.5) is 0 Å². The van der Waals surface area contributed by atoms with Crippen molar-refractivity contribution in [2.45, 2.75) is 92.9 Å². The summed E-state index contributed by atoms with van der Waals surface area (Å²) >= 11 is 0. The number of nitrogens with zero attached hydrogens (tertiary/aromatic N) is 4. The number of esters is 2. The van der Waals surface area contributed by atoms with E-state index in [1.807, 2.05) is 24.3 Å². The molecule has 0 amide bonds. The van der Waals surface area contributed by atoms with Gasteiger partial charge in [0.25, 0.3) is 0 Å². The second-order valence-electron chi connectivity index (χ2n) is 17.2. The van der Waals surface area contributed by atoms with E-state index in [0.29, 0.717) is 49.9 Å². The number of carbonyl (C=O) groups is 2. The number of aromatic hydroxyl groups is 2. The Balaban J connectivity index is 1.20. The van der Waals surface area contributed by atoms with Crippen LogP contribution in [0.3, 0.4) is 0 Å². The maximum Gasteiger partial charge on any atom is 0.306 e. The molecule has 2 aromatic carbocycles. The fraction of sp³-hybridized carbons (Fsp3) is 0.333. The number of aromatic nitrogens is 4. The molecular formula is C54H58N6O6. The van der Waals surface area contributed by atoms with Crippen molar-refractivity contribution in [2.75, 3.05) is 26.3 Å². The number of rotatable bonds is 2. The summed E-state index contributed by atoms with van der Waals surface area (Å²) in [6, 6.07) is 19.0. The number of aryl methyl sites for hydroxylation is 4. The van der Waals surface area contributed by atoms with E-state index < -0.39 is 0 Å². The maximum atomic E-state index is 13.3. The van der Waals surface area contributed by atoms with Crippen molar-refractivity contribution in [1.29, 1.82) is 0 Å². The van der Waals surface area contributed by atoms with E-state index in [0.717, 1.165) is 102 Å². The normalized spacial score (nSPS) is 15.7. The van der Waals surface area contributed by atoms with Gasteiger partial charge >= 0.3 is 11.9 Å². The average Bonchev–Trinajstić information content (AvgIpc) is 3.96. The van der Waals surface area contributed by atoms with Gasteiger partial charge in [0.05, 0.1) is 49.1 Å². The van der Waals surface area contributed by atoms with Crippen molar-refractivity contribution < 1.29 is 29.3 Å². The van der Waals surface area contributed by atoms with Gasteiger partial charge in [0.1, 0.15) is 11.5 Å². The first kappa shape index (κ1) is 45.5.